The fraction of sp³-hybridized carbons (Fsp3) is 0.333. The Bertz CT molecular complexity index is 314. The van der Waals surface area contributed by atoms with E-state index in [2.05, 4.69) is 0 Å². The summed E-state index contributed by atoms with van der Waals surface area (Å²) in [5.74, 6) is 0.718. The third kappa shape index (κ3) is 1.69. The van der Waals surface area contributed by atoms with E-state index in [1.165, 1.54) is 0 Å². The molecule has 1 N–H and O–H groups in total. The molecule has 13 heavy (non-hydrogen) atoms. The number of fused-ring (bicyclic) bond motifs is 1. The van der Waals surface area contributed by atoms with Gasteiger partial charge in [0.25, 0.3) is 0 Å². The van der Waals surface area contributed by atoms with Gasteiger partial charge in [0, 0.05) is 5.46 Å². The maximum Gasteiger partial charge on any atom is 0.495 e. The van der Waals surface area contributed by atoms with E-state index in [1.807, 2.05) is 25.1 Å². The molecule has 0 bridgehead atoms. The minimum Gasteiger partial charge on any atom is -0.492 e. The molecule has 1 aliphatic heterocycles. The molecule has 0 fully saturated rings. The van der Waals surface area contributed by atoms with E-state index >= 15 is 0 Å². The average molecular weight is 178 g/mol. The summed E-state index contributed by atoms with van der Waals surface area (Å²) >= 11 is 0. The Kier molecular flexibility index (Phi) is 2.25. The number of hydrogen-bond acceptors (Lipinski definition) is 3. The SMILES string of the molecule is Cc1ccc2c(c1)B(O)OCCO2. The van der Waals surface area contributed by atoms with E-state index in [0.717, 1.165) is 16.8 Å². The Balaban J connectivity index is 2.43. The molecule has 3 nitrogen and oxygen atoms in total. The van der Waals surface area contributed by atoms with Crippen molar-refractivity contribution in [2.24, 2.45) is 0 Å². The largest absolute Gasteiger partial charge is 0.495 e. The lowest BCUT2D eigenvalue weighted by Gasteiger charge is -2.07. The number of ether oxygens (including phenoxy) is 1. The molecule has 1 aromatic carbocycles. The van der Waals surface area contributed by atoms with Crippen LogP contribution in [0.2, 0.25) is 0 Å². The standard InChI is InChI=1S/C9H11BO3/c1-7-2-3-9-8(6-7)10(11)13-5-4-12-9/h2-3,6,11H,4-5H2,1H3. The Morgan fingerprint density at radius 1 is 1.38 bits per heavy atom. The van der Waals surface area contributed by atoms with Gasteiger partial charge in [-0.15, -0.1) is 0 Å². The first-order chi connectivity index (χ1) is 6.27. The molecule has 1 aliphatic rings. The van der Waals surface area contributed by atoms with Crippen LogP contribution in [0, 0.1) is 6.92 Å². The number of benzene rings is 1. The zero-order chi connectivity index (χ0) is 9.26. The molecule has 0 atom stereocenters. The van der Waals surface area contributed by atoms with Gasteiger partial charge in [-0.05, 0) is 13.0 Å². The van der Waals surface area contributed by atoms with Crippen LogP contribution in [0.3, 0.4) is 0 Å². The van der Waals surface area contributed by atoms with Gasteiger partial charge in [-0.2, -0.15) is 0 Å². The summed E-state index contributed by atoms with van der Waals surface area (Å²) in [7, 11) is -0.850. The second-order valence-corrected chi connectivity index (χ2v) is 3.11. The molecule has 1 aromatic rings. The van der Waals surface area contributed by atoms with E-state index in [-0.39, 0.29) is 0 Å². The van der Waals surface area contributed by atoms with Crippen molar-refractivity contribution in [2.45, 2.75) is 6.92 Å². The first-order valence-corrected chi connectivity index (χ1v) is 4.30. The van der Waals surface area contributed by atoms with Crippen LogP contribution in [-0.2, 0) is 4.65 Å². The number of aryl methyl sites for hydroxylation is 1. The third-order valence-electron chi connectivity index (χ3n) is 2.05. The highest BCUT2D eigenvalue weighted by atomic mass is 16.6. The smallest absolute Gasteiger partial charge is 0.492 e. The van der Waals surface area contributed by atoms with E-state index < -0.39 is 7.12 Å². The minimum absolute atomic E-state index is 0.425. The second-order valence-electron chi connectivity index (χ2n) is 3.11. The van der Waals surface area contributed by atoms with Gasteiger partial charge in [0.2, 0.25) is 0 Å². The lowest BCUT2D eigenvalue weighted by Crippen LogP contribution is -2.33. The van der Waals surface area contributed by atoms with E-state index in [4.69, 9.17) is 9.39 Å². The van der Waals surface area contributed by atoms with Gasteiger partial charge in [-0.3, -0.25) is 0 Å². The van der Waals surface area contributed by atoms with E-state index in [9.17, 15) is 5.02 Å². The van der Waals surface area contributed by atoms with E-state index in [0.29, 0.717) is 13.2 Å². The lowest BCUT2D eigenvalue weighted by molar-refractivity contribution is 0.210. The first-order valence-electron chi connectivity index (χ1n) is 4.30. The van der Waals surface area contributed by atoms with Gasteiger partial charge in [0.05, 0.1) is 6.61 Å². The van der Waals surface area contributed by atoms with Gasteiger partial charge in [-0.1, -0.05) is 17.7 Å². The van der Waals surface area contributed by atoms with Crippen molar-refractivity contribution in [1.82, 2.24) is 0 Å². The molecule has 1 heterocycles. The summed E-state index contributed by atoms with van der Waals surface area (Å²) in [6.45, 7) is 2.89. The maximum atomic E-state index is 9.56. The van der Waals surface area contributed by atoms with Crippen molar-refractivity contribution < 1.29 is 14.4 Å². The molecule has 0 amide bonds. The van der Waals surface area contributed by atoms with Crippen LogP contribution < -0.4 is 10.2 Å². The summed E-state index contributed by atoms with van der Waals surface area (Å²) in [5.41, 5.74) is 1.81. The molecule has 0 spiro atoms. The van der Waals surface area contributed by atoms with Crippen molar-refractivity contribution in [1.29, 1.82) is 0 Å². The summed E-state index contributed by atoms with van der Waals surface area (Å²) in [4.78, 5) is 0. The highest BCUT2D eigenvalue weighted by Gasteiger charge is 2.23. The van der Waals surface area contributed by atoms with Crippen molar-refractivity contribution in [3.05, 3.63) is 23.8 Å². The highest BCUT2D eigenvalue weighted by Crippen LogP contribution is 2.12. The van der Waals surface area contributed by atoms with Crippen LogP contribution in [0.15, 0.2) is 18.2 Å². The molecule has 0 unspecified atom stereocenters. The summed E-state index contributed by atoms with van der Waals surface area (Å²) < 4.78 is 10.5. The predicted molar refractivity (Wildman–Crippen MR) is 50.2 cm³/mol. The Morgan fingerprint density at radius 3 is 3.08 bits per heavy atom. The van der Waals surface area contributed by atoms with Crippen LogP contribution in [0.25, 0.3) is 0 Å². The zero-order valence-electron chi connectivity index (χ0n) is 7.49. The van der Waals surface area contributed by atoms with Crippen LogP contribution in [0.5, 0.6) is 5.75 Å². The predicted octanol–water partition coefficient (Wildman–Crippen LogP) is 0.0915. The molecule has 68 valence electrons. The van der Waals surface area contributed by atoms with Crippen LogP contribution in [-0.4, -0.2) is 25.4 Å². The minimum atomic E-state index is -0.850. The number of hydrogen-bond donors (Lipinski definition) is 1. The zero-order valence-corrected chi connectivity index (χ0v) is 7.49. The van der Waals surface area contributed by atoms with Crippen LogP contribution >= 0.6 is 0 Å². The van der Waals surface area contributed by atoms with Gasteiger partial charge in [0.1, 0.15) is 12.4 Å². The molecular formula is C9H11BO3. The Morgan fingerprint density at radius 2 is 2.23 bits per heavy atom. The Labute approximate surface area is 77.4 Å². The Hall–Kier alpha value is -0.995. The topological polar surface area (TPSA) is 38.7 Å². The normalized spacial score (nSPS) is 16.0. The van der Waals surface area contributed by atoms with Crippen molar-refractivity contribution in [3.8, 4) is 5.75 Å². The quantitative estimate of drug-likeness (QED) is 0.572. The van der Waals surface area contributed by atoms with Crippen LogP contribution in [0.4, 0.5) is 0 Å². The van der Waals surface area contributed by atoms with Crippen molar-refractivity contribution in [3.63, 3.8) is 0 Å². The maximum absolute atomic E-state index is 9.56. The van der Waals surface area contributed by atoms with Crippen molar-refractivity contribution >= 4 is 12.6 Å². The molecule has 4 heteroatoms. The molecule has 0 radical (unpaired) electrons. The molecule has 0 saturated carbocycles. The summed E-state index contributed by atoms with van der Waals surface area (Å²) in [6, 6.07) is 5.70. The molecular weight excluding hydrogens is 167 g/mol. The molecule has 0 saturated heterocycles. The van der Waals surface area contributed by atoms with Gasteiger partial charge >= 0.3 is 7.12 Å². The fourth-order valence-corrected chi connectivity index (χ4v) is 1.39. The number of rotatable bonds is 0. The lowest BCUT2D eigenvalue weighted by atomic mass is 9.78. The third-order valence-corrected chi connectivity index (χ3v) is 2.05. The van der Waals surface area contributed by atoms with E-state index in [1.54, 1.807) is 0 Å². The average Bonchev–Trinajstić information content (AvgIpc) is 2.29. The van der Waals surface area contributed by atoms with Gasteiger partial charge < -0.3 is 14.4 Å². The molecule has 0 aliphatic carbocycles. The first kappa shape index (κ1) is 8.60. The van der Waals surface area contributed by atoms with Crippen molar-refractivity contribution in [2.75, 3.05) is 13.2 Å². The van der Waals surface area contributed by atoms with Crippen LogP contribution in [0.1, 0.15) is 5.56 Å². The highest BCUT2D eigenvalue weighted by molar-refractivity contribution is 6.61. The molecule has 2 rings (SSSR count). The fourth-order valence-electron chi connectivity index (χ4n) is 1.39. The monoisotopic (exact) mass is 178 g/mol. The summed E-state index contributed by atoms with van der Waals surface area (Å²) in [5, 5.41) is 9.56. The summed E-state index contributed by atoms with van der Waals surface area (Å²) in [6.07, 6.45) is 0. The van der Waals surface area contributed by atoms with Gasteiger partial charge in [-0.25, -0.2) is 0 Å². The van der Waals surface area contributed by atoms with Gasteiger partial charge in [0.15, 0.2) is 0 Å². The molecule has 0 aromatic heterocycles. The second kappa shape index (κ2) is 3.40.